The summed E-state index contributed by atoms with van der Waals surface area (Å²) in [5.74, 6) is -0.736. The van der Waals surface area contributed by atoms with Crippen LogP contribution in [0.5, 0.6) is 0 Å². The van der Waals surface area contributed by atoms with Gasteiger partial charge in [0.1, 0.15) is 12.6 Å². The maximum absolute atomic E-state index is 14.1. The summed E-state index contributed by atoms with van der Waals surface area (Å²) in [5.41, 5.74) is 1.98. The van der Waals surface area contributed by atoms with Crippen LogP contribution < -0.4 is 9.62 Å². The topological polar surface area (TPSA) is 86.8 Å². The number of benzene rings is 3. The molecule has 3 aromatic carbocycles. The second-order valence-corrected chi connectivity index (χ2v) is 12.8. The zero-order valence-corrected chi connectivity index (χ0v) is 25.2. The van der Waals surface area contributed by atoms with E-state index in [1.165, 1.54) is 21.3 Å². The third-order valence-electron chi connectivity index (χ3n) is 7.61. The van der Waals surface area contributed by atoms with Crippen molar-refractivity contribution in [3.63, 3.8) is 0 Å². The standard InChI is InChI=1S/C32H38ClN3O4S/c1-3-26-14-10-11-20-30(26)36(41(39,40)29-18-8-5-9-19-29)23-31(37)35(22-25-13-12-15-27(33)21-25)24(2)32(38)34-28-16-6-4-7-17-28/h5,8-15,18-21,24,28H,3-4,6-7,16-17,22-23H2,1-2H3,(H,34,38)/t24-/m0/s1. The lowest BCUT2D eigenvalue weighted by atomic mass is 9.95. The molecular weight excluding hydrogens is 558 g/mol. The Balaban J connectivity index is 1.69. The van der Waals surface area contributed by atoms with Crippen molar-refractivity contribution in [2.24, 2.45) is 0 Å². The fourth-order valence-corrected chi connectivity index (χ4v) is 6.96. The maximum atomic E-state index is 14.1. The predicted molar refractivity (Wildman–Crippen MR) is 163 cm³/mol. The number of para-hydroxylation sites is 1. The van der Waals surface area contributed by atoms with Gasteiger partial charge < -0.3 is 10.2 Å². The van der Waals surface area contributed by atoms with Crippen molar-refractivity contribution in [1.29, 1.82) is 0 Å². The maximum Gasteiger partial charge on any atom is 0.264 e. The Bertz CT molecular complexity index is 1440. The summed E-state index contributed by atoms with van der Waals surface area (Å²) < 4.78 is 29.1. The Labute approximate surface area is 248 Å². The molecule has 1 N–H and O–H groups in total. The summed E-state index contributed by atoms with van der Waals surface area (Å²) >= 11 is 6.23. The third kappa shape index (κ3) is 7.68. The van der Waals surface area contributed by atoms with E-state index < -0.39 is 28.5 Å². The molecule has 0 unspecified atom stereocenters. The van der Waals surface area contributed by atoms with Crippen LogP contribution in [0.4, 0.5) is 5.69 Å². The lowest BCUT2D eigenvalue weighted by Crippen LogP contribution is -2.53. The van der Waals surface area contributed by atoms with E-state index in [1.807, 2.05) is 25.1 Å². The van der Waals surface area contributed by atoms with E-state index in [1.54, 1.807) is 55.5 Å². The molecule has 1 atom stereocenters. The first-order valence-corrected chi connectivity index (χ1v) is 16.0. The molecule has 7 nitrogen and oxygen atoms in total. The van der Waals surface area contributed by atoms with Gasteiger partial charge in [0, 0.05) is 17.6 Å². The van der Waals surface area contributed by atoms with E-state index in [9.17, 15) is 18.0 Å². The number of nitrogens with zero attached hydrogens (tertiary/aromatic N) is 2. The van der Waals surface area contributed by atoms with Crippen molar-refractivity contribution in [1.82, 2.24) is 10.2 Å². The van der Waals surface area contributed by atoms with Gasteiger partial charge in [0.25, 0.3) is 10.0 Å². The molecule has 0 heterocycles. The van der Waals surface area contributed by atoms with Gasteiger partial charge in [0.15, 0.2) is 0 Å². The molecule has 218 valence electrons. The highest BCUT2D eigenvalue weighted by atomic mass is 35.5. The minimum atomic E-state index is -4.10. The van der Waals surface area contributed by atoms with Crippen LogP contribution in [0.3, 0.4) is 0 Å². The SMILES string of the molecule is CCc1ccccc1N(CC(=O)N(Cc1cccc(Cl)c1)[C@@H](C)C(=O)NC1CCCCC1)S(=O)(=O)c1ccccc1. The minimum Gasteiger partial charge on any atom is -0.352 e. The van der Waals surface area contributed by atoms with Gasteiger partial charge in [-0.05, 0) is 67.6 Å². The van der Waals surface area contributed by atoms with E-state index >= 15 is 0 Å². The van der Waals surface area contributed by atoms with Gasteiger partial charge in [-0.1, -0.05) is 86.3 Å². The highest BCUT2D eigenvalue weighted by molar-refractivity contribution is 7.92. The molecule has 0 aliphatic heterocycles. The van der Waals surface area contributed by atoms with E-state index in [0.717, 1.165) is 43.2 Å². The molecular formula is C32H38ClN3O4S. The molecule has 1 saturated carbocycles. The van der Waals surface area contributed by atoms with Gasteiger partial charge in [-0.15, -0.1) is 0 Å². The number of halogens is 1. The number of anilines is 1. The van der Waals surface area contributed by atoms with E-state index in [0.29, 0.717) is 17.1 Å². The van der Waals surface area contributed by atoms with E-state index in [2.05, 4.69) is 5.32 Å². The average Bonchev–Trinajstić information content (AvgIpc) is 2.99. The third-order valence-corrected chi connectivity index (χ3v) is 9.62. The summed E-state index contributed by atoms with van der Waals surface area (Å²) in [5, 5.41) is 3.63. The van der Waals surface area contributed by atoms with Crippen molar-refractivity contribution in [2.75, 3.05) is 10.8 Å². The molecule has 1 fully saturated rings. The number of sulfonamides is 1. The predicted octanol–water partition coefficient (Wildman–Crippen LogP) is 5.96. The van der Waals surface area contributed by atoms with Crippen molar-refractivity contribution < 1.29 is 18.0 Å². The fourth-order valence-electron chi connectivity index (χ4n) is 5.27. The fraction of sp³-hybridized carbons (Fsp3) is 0.375. The molecule has 0 spiro atoms. The van der Waals surface area contributed by atoms with Gasteiger partial charge in [-0.2, -0.15) is 0 Å². The minimum absolute atomic E-state index is 0.0770. The van der Waals surface area contributed by atoms with Crippen LogP contribution in [0, 0.1) is 0 Å². The van der Waals surface area contributed by atoms with Crippen molar-refractivity contribution in [3.05, 3.63) is 95.0 Å². The van der Waals surface area contributed by atoms with Gasteiger partial charge in [-0.25, -0.2) is 8.42 Å². The highest BCUT2D eigenvalue weighted by Gasteiger charge is 2.33. The van der Waals surface area contributed by atoms with Crippen LogP contribution >= 0.6 is 11.6 Å². The van der Waals surface area contributed by atoms with Crippen LogP contribution in [0.25, 0.3) is 0 Å². The quantitative estimate of drug-likeness (QED) is 0.296. The number of hydrogen-bond donors (Lipinski definition) is 1. The monoisotopic (exact) mass is 595 g/mol. The Morgan fingerprint density at radius 1 is 0.951 bits per heavy atom. The second kappa shape index (κ2) is 14.0. The number of carbonyl (C=O) groups is 2. The number of hydrogen-bond acceptors (Lipinski definition) is 4. The van der Waals surface area contributed by atoms with Gasteiger partial charge in [0.05, 0.1) is 10.6 Å². The van der Waals surface area contributed by atoms with Crippen molar-refractivity contribution in [3.8, 4) is 0 Å². The highest BCUT2D eigenvalue weighted by Crippen LogP contribution is 2.28. The largest absolute Gasteiger partial charge is 0.352 e. The number of amides is 2. The number of aryl methyl sites for hydroxylation is 1. The Morgan fingerprint density at radius 3 is 2.32 bits per heavy atom. The molecule has 2 amide bonds. The van der Waals surface area contributed by atoms with Crippen molar-refractivity contribution in [2.45, 2.75) is 75.9 Å². The van der Waals surface area contributed by atoms with Gasteiger partial charge in [0.2, 0.25) is 11.8 Å². The lowest BCUT2D eigenvalue weighted by Gasteiger charge is -2.33. The first kappa shape index (κ1) is 30.6. The molecule has 41 heavy (non-hydrogen) atoms. The van der Waals surface area contributed by atoms with E-state index in [4.69, 9.17) is 11.6 Å². The summed E-state index contributed by atoms with van der Waals surface area (Å²) in [6.45, 7) is 3.27. The molecule has 3 aromatic rings. The van der Waals surface area contributed by atoms with Crippen molar-refractivity contribution >= 4 is 39.1 Å². The average molecular weight is 596 g/mol. The van der Waals surface area contributed by atoms with E-state index in [-0.39, 0.29) is 23.4 Å². The Kier molecular flexibility index (Phi) is 10.5. The molecule has 0 aromatic heterocycles. The smallest absolute Gasteiger partial charge is 0.264 e. The Hall–Kier alpha value is -3.36. The summed E-state index contributed by atoms with van der Waals surface area (Å²) in [6.07, 6.45) is 5.69. The number of carbonyl (C=O) groups excluding carboxylic acids is 2. The first-order chi connectivity index (χ1) is 19.7. The zero-order valence-electron chi connectivity index (χ0n) is 23.6. The van der Waals surface area contributed by atoms with Crippen LogP contribution in [-0.2, 0) is 32.6 Å². The molecule has 0 bridgehead atoms. The Morgan fingerprint density at radius 2 is 1.63 bits per heavy atom. The van der Waals surface area contributed by atoms with Crippen LogP contribution in [0.1, 0.15) is 57.1 Å². The van der Waals surface area contributed by atoms with Crippen LogP contribution in [0.15, 0.2) is 83.8 Å². The lowest BCUT2D eigenvalue weighted by molar-refractivity contribution is -0.139. The van der Waals surface area contributed by atoms with Gasteiger partial charge >= 0.3 is 0 Å². The van der Waals surface area contributed by atoms with Crippen LogP contribution in [0.2, 0.25) is 5.02 Å². The molecule has 1 aliphatic carbocycles. The summed E-state index contributed by atoms with van der Waals surface area (Å²) in [7, 11) is -4.10. The molecule has 1 aliphatic rings. The molecule has 4 rings (SSSR count). The first-order valence-electron chi connectivity index (χ1n) is 14.2. The normalized spacial score (nSPS) is 14.7. The second-order valence-electron chi connectivity index (χ2n) is 10.5. The summed E-state index contributed by atoms with van der Waals surface area (Å²) in [4.78, 5) is 29.1. The number of nitrogens with one attached hydrogen (secondary N) is 1. The molecule has 0 radical (unpaired) electrons. The van der Waals surface area contributed by atoms with Crippen LogP contribution in [-0.4, -0.2) is 43.8 Å². The molecule has 0 saturated heterocycles. The zero-order chi connectivity index (χ0) is 29.4. The van der Waals surface area contributed by atoms with Gasteiger partial charge in [-0.3, -0.25) is 13.9 Å². The number of rotatable bonds is 11. The molecule has 9 heteroatoms. The summed E-state index contributed by atoms with van der Waals surface area (Å²) in [6, 6.07) is 21.6.